The van der Waals surface area contributed by atoms with Gasteiger partial charge in [0.05, 0.1) is 0 Å². The van der Waals surface area contributed by atoms with E-state index in [1.165, 1.54) is 18.4 Å². The summed E-state index contributed by atoms with van der Waals surface area (Å²) in [5.74, 6) is 0.845. The highest BCUT2D eigenvalue weighted by molar-refractivity contribution is 5.33. The number of rotatable bonds is 6. The molecule has 1 saturated carbocycles. The van der Waals surface area contributed by atoms with Crippen molar-refractivity contribution in [3.8, 4) is 0 Å². The molecule has 0 radical (unpaired) electrons. The van der Waals surface area contributed by atoms with E-state index < -0.39 is 0 Å². The number of nitrogens with two attached hydrogens (primary N) is 1. The Labute approximate surface area is 91.9 Å². The molecule has 15 heavy (non-hydrogen) atoms. The van der Waals surface area contributed by atoms with Crippen LogP contribution >= 0.6 is 0 Å². The second kappa shape index (κ2) is 5.29. The van der Waals surface area contributed by atoms with Crippen molar-refractivity contribution in [1.82, 2.24) is 5.32 Å². The van der Waals surface area contributed by atoms with Gasteiger partial charge in [-0.15, -0.1) is 0 Å². The third kappa shape index (κ3) is 3.05. The summed E-state index contributed by atoms with van der Waals surface area (Å²) in [6, 6.07) is 8.80. The van der Waals surface area contributed by atoms with Crippen LogP contribution < -0.4 is 11.1 Å². The summed E-state index contributed by atoms with van der Waals surface area (Å²) in [7, 11) is 0. The second-order valence-corrected chi connectivity index (χ2v) is 4.29. The van der Waals surface area contributed by atoms with Crippen LogP contribution in [-0.2, 0) is 6.54 Å². The van der Waals surface area contributed by atoms with Crippen molar-refractivity contribution in [2.45, 2.75) is 31.7 Å². The molecule has 0 unspecified atom stereocenters. The molecule has 2 heteroatoms. The number of hydrogen-bond acceptors (Lipinski definition) is 2. The van der Waals surface area contributed by atoms with Gasteiger partial charge in [0.25, 0.3) is 0 Å². The molecule has 1 aromatic rings. The Kier molecular flexibility index (Phi) is 3.75. The minimum absolute atomic E-state index is 0.775. The maximum Gasteiger partial charge on any atom is 0.0208 e. The van der Waals surface area contributed by atoms with Gasteiger partial charge < -0.3 is 11.1 Å². The van der Waals surface area contributed by atoms with Crippen LogP contribution in [0, 0.1) is 0 Å². The monoisotopic (exact) mass is 204 g/mol. The lowest BCUT2D eigenvalue weighted by atomic mass is 10.0. The lowest BCUT2D eigenvalue weighted by molar-refractivity contribution is 0.652. The van der Waals surface area contributed by atoms with Crippen LogP contribution in [-0.4, -0.2) is 13.1 Å². The van der Waals surface area contributed by atoms with Gasteiger partial charge in [0.1, 0.15) is 0 Å². The van der Waals surface area contributed by atoms with E-state index in [1.807, 2.05) is 0 Å². The smallest absolute Gasteiger partial charge is 0.0208 e. The van der Waals surface area contributed by atoms with Crippen molar-refractivity contribution in [3.05, 3.63) is 35.4 Å². The Hall–Kier alpha value is -0.860. The van der Waals surface area contributed by atoms with Crippen LogP contribution in [0.3, 0.4) is 0 Å². The minimum atomic E-state index is 0.775. The molecular formula is C13H20N2. The van der Waals surface area contributed by atoms with Crippen LogP contribution in [0.15, 0.2) is 24.3 Å². The van der Waals surface area contributed by atoms with E-state index in [2.05, 4.69) is 29.6 Å². The van der Waals surface area contributed by atoms with Crippen molar-refractivity contribution in [3.63, 3.8) is 0 Å². The quantitative estimate of drug-likeness (QED) is 0.696. The molecule has 2 nitrogen and oxygen atoms in total. The summed E-state index contributed by atoms with van der Waals surface area (Å²) in [5.41, 5.74) is 8.48. The van der Waals surface area contributed by atoms with Gasteiger partial charge in [-0.2, -0.15) is 0 Å². The Morgan fingerprint density at radius 2 is 2.07 bits per heavy atom. The van der Waals surface area contributed by atoms with Gasteiger partial charge in [-0.25, -0.2) is 0 Å². The number of nitrogens with one attached hydrogen (secondary N) is 1. The van der Waals surface area contributed by atoms with Crippen molar-refractivity contribution in [2.75, 3.05) is 13.1 Å². The predicted molar refractivity (Wildman–Crippen MR) is 63.8 cm³/mol. The molecule has 2 rings (SSSR count). The van der Waals surface area contributed by atoms with Gasteiger partial charge in [0.2, 0.25) is 0 Å². The summed E-state index contributed by atoms with van der Waals surface area (Å²) in [6.45, 7) is 2.79. The number of benzene rings is 1. The van der Waals surface area contributed by atoms with E-state index in [0.29, 0.717) is 0 Å². The molecule has 0 aromatic heterocycles. The highest BCUT2D eigenvalue weighted by Gasteiger charge is 2.25. The summed E-state index contributed by atoms with van der Waals surface area (Å²) in [4.78, 5) is 0. The minimum Gasteiger partial charge on any atom is -0.330 e. The second-order valence-electron chi connectivity index (χ2n) is 4.29. The molecular weight excluding hydrogens is 184 g/mol. The lowest BCUT2D eigenvalue weighted by Gasteiger charge is -2.09. The molecule has 1 fully saturated rings. The van der Waals surface area contributed by atoms with E-state index >= 15 is 0 Å². The molecule has 0 aliphatic heterocycles. The maximum atomic E-state index is 5.46. The fraction of sp³-hybridized carbons (Fsp3) is 0.538. The van der Waals surface area contributed by atoms with Gasteiger partial charge in [0.15, 0.2) is 0 Å². The first kappa shape index (κ1) is 10.7. The molecule has 1 aliphatic carbocycles. The summed E-state index contributed by atoms with van der Waals surface area (Å²) < 4.78 is 0. The zero-order chi connectivity index (χ0) is 10.5. The van der Waals surface area contributed by atoms with E-state index in [4.69, 9.17) is 5.73 Å². The Morgan fingerprint density at radius 1 is 1.27 bits per heavy atom. The van der Waals surface area contributed by atoms with Crippen LogP contribution in [0.2, 0.25) is 0 Å². The number of hydrogen-bond donors (Lipinski definition) is 2. The largest absolute Gasteiger partial charge is 0.330 e. The Bertz CT molecular complexity index is 305. The third-order valence-electron chi connectivity index (χ3n) is 2.95. The Balaban J connectivity index is 1.89. The maximum absolute atomic E-state index is 5.46. The van der Waals surface area contributed by atoms with Gasteiger partial charge in [-0.3, -0.25) is 0 Å². The Morgan fingerprint density at radius 3 is 2.80 bits per heavy atom. The van der Waals surface area contributed by atoms with E-state index in [-0.39, 0.29) is 0 Å². The molecule has 0 spiro atoms. The molecule has 1 aliphatic rings. The fourth-order valence-corrected chi connectivity index (χ4v) is 1.94. The van der Waals surface area contributed by atoms with Crippen LogP contribution in [0.1, 0.15) is 36.3 Å². The zero-order valence-electron chi connectivity index (χ0n) is 9.21. The fourth-order valence-electron chi connectivity index (χ4n) is 1.94. The lowest BCUT2D eigenvalue weighted by Crippen LogP contribution is -2.18. The molecule has 1 aromatic carbocycles. The van der Waals surface area contributed by atoms with Crippen molar-refractivity contribution in [1.29, 1.82) is 0 Å². The molecule has 82 valence electrons. The first-order valence-electron chi connectivity index (χ1n) is 5.90. The van der Waals surface area contributed by atoms with Crippen molar-refractivity contribution < 1.29 is 0 Å². The molecule has 0 amide bonds. The van der Waals surface area contributed by atoms with E-state index in [9.17, 15) is 0 Å². The van der Waals surface area contributed by atoms with Gasteiger partial charge in [-0.05, 0) is 49.4 Å². The first-order valence-corrected chi connectivity index (χ1v) is 5.90. The first-order chi connectivity index (χ1) is 7.42. The average molecular weight is 204 g/mol. The molecule has 3 N–H and O–H groups in total. The predicted octanol–water partition coefficient (Wildman–Crippen LogP) is 2.00. The molecule has 0 atom stereocenters. The van der Waals surface area contributed by atoms with Gasteiger partial charge >= 0.3 is 0 Å². The normalized spacial score (nSPS) is 15.5. The highest BCUT2D eigenvalue weighted by atomic mass is 14.8. The summed E-state index contributed by atoms with van der Waals surface area (Å²) in [5, 5.41) is 3.45. The summed E-state index contributed by atoms with van der Waals surface area (Å²) >= 11 is 0. The molecule has 0 saturated heterocycles. The van der Waals surface area contributed by atoms with Crippen LogP contribution in [0.5, 0.6) is 0 Å². The van der Waals surface area contributed by atoms with Crippen LogP contribution in [0.4, 0.5) is 0 Å². The van der Waals surface area contributed by atoms with Gasteiger partial charge in [0, 0.05) is 6.54 Å². The average Bonchev–Trinajstić information content (AvgIpc) is 3.09. The van der Waals surface area contributed by atoms with Crippen molar-refractivity contribution >= 4 is 0 Å². The SMILES string of the molecule is NCCCNCc1ccccc1C1CC1. The van der Waals surface area contributed by atoms with Crippen molar-refractivity contribution in [2.24, 2.45) is 5.73 Å². The standard InChI is InChI=1S/C13H20N2/c14-8-3-9-15-10-12-4-1-2-5-13(12)11-6-7-11/h1-2,4-5,11,15H,3,6-10,14H2. The third-order valence-corrected chi connectivity index (χ3v) is 2.95. The van der Waals surface area contributed by atoms with Crippen LogP contribution in [0.25, 0.3) is 0 Å². The van der Waals surface area contributed by atoms with Gasteiger partial charge in [-0.1, -0.05) is 24.3 Å². The highest BCUT2D eigenvalue weighted by Crippen LogP contribution is 2.41. The zero-order valence-corrected chi connectivity index (χ0v) is 9.21. The van der Waals surface area contributed by atoms with E-state index in [0.717, 1.165) is 32.0 Å². The van der Waals surface area contributed by atoms with E-state index in [1.54, 1.807) is 5.56 Å². The topological polar surface area (TPSA) is 38.0 Å². The molecule has 0 heterocycles. The molecule has 0 bridgehead atoms. The summed E-state index contributed by atoms with van der Waals surface area (Å²) in [6.07, 6.45) is 3.81.